The molecule has 18 heavy (non-hydrogen) atoms. The third-order valence-corrected chi connectivity index (χ3v) is 4.46. The lowest BCUT2D eigenvalue weighted by Crippen LogP contribution is -2.44. The fourth-order valence-electron chi connectivity index (χ4n) is 3.23. The Labute approximate surface area is 110 Å². The van der Waals surface area contributed by atoms with Crippen LogP contribution in [0.5, 0.6) is 5.75 Å². The zero-order chi connectivity index (χ0) is 12.4. The van der Waals surface area contributed by atoms with Gasteiger partial charge in [0.2, 0.25) is 0 Å². The van der Waals surface area contributed by atoms with E-state index >= 15 is 0 Å². The molecule has 2 unspecified atom stereocenters. The molecule has 1 aromatic carbocycles. The Bertz CT molecular complexity index is 400. The van der Waals surface area contributed by atoms with Crippen LogP contribution in [-0.2, 0) is 0 Å². The van der Waals surface area contributed by atoms with Crippen molar-refractivity contribution in [2.75, 3.05) is 13.2 Å². The Kier molecular flexibility index (Phi) is 3.55. The minimum absolute atomic E-state index is 0.554. The lowest BCUT2D eigenvalue weighted by molar-refractivity contribution is 0.185. The van der Waals surface area contributed by atoms with Gasteiger partial charge in [-0.1, -0.05) is 31.5 Å². The Morgan fingerprint density at radius 3 is 2.89 bits per heavy atom. The average molecular weight is 245 g/mol. The van der Waals surface area contributed by atoms with Gasteiger partial charge in [-0.15, -0.1) is 0 Å². The second-order valence-electron chi connectivity index (χ2n) is 5.63. The summed E-state index contributed by atoms with van der Waals surface area (Å²) in [5.74, 6) is 2.51. The quantitative estimate of drug-likeness (QED) is 0.859. The molecule has 0 aromatic heterocycles. The van der Waals surface area contributed by atoms with Crippen LogP contribution < -0.4 is 10.1 Å². The predicted molar refractivity (Wildman–Crippen MR) is 74.1 cm³/mol. The minimum Gasteiger partial charge on any atom is -0.493 e. The highest BCUT2D eigenvalue weighted by Gasteiger charge is 2.37. The lowest BCUT2D eigenvalue weighted by atomic mass is 9.73. The van der Waals surface area contributed by atoms with Crippen LogP contribution in [0.15, 0.2) is 24.3 Å². The van der Waals surface area contributed by atoms with E-state index in [9.17, 15) is 0 Å². The van der Waals surface area contributed by atoms with Gasteiger partial charge < -0.3 is 10.1 Å². The molecule has 0 bridgehead atoms. The molecule has 2 heteroatoms. The normalized spacial score (nSPS) is 24.2. The first-order valence-corrected chi connectivity index (χ1v) is 7.35. The van der Waals surface area contributed by atoms with Gasteiger partial charge in [-0.3, -0.25) is 0 Å². The van der Waals surface area contributed by atoms with Crippen molar-refractivity contribution in [1.82, 2.24) is 5.32 Å². The predicted octanol–water partition coefficient (Wildman–Crippen LogP) is 3.33. The maximum atomic E-state index is 5.85. The third kappa shape index (κ3) is 2.14. The molecule has 0 amide bonds. The number of rotatable bonds is 5. The molecule has 2 nitrogen and oxygen atoms in total. The van der Waals surface area contributed by atoms with Gasteiger partial charge in [-0.2, -0.15) is 0 Å². The van der Waals surface area contributed by atoms with Gasteiger partial charge in [0.1, 0.15) is 5.75 Å². The molecule has 0 spiro atoms. The van der Waals surface area contributed by atoms with E-state index in [0.29, 0.717) is 12.0 Å². The molecule has 1 aliphatic heterocycles. The highest BCUT2D eigenvalue weighted by molar-refractivity contribution is 5.40. The van der Waals surface area contributed by atoms with Gasteiger partial charge in [-0.25, -0.2) is 0 Å². The van der Waals surface area contributed by atoms with Gasteiger partial charge in [0.15, 0.2) is 0 Å². The number of ether oxygens (including phenoxy) is 1. The van der Waals surface area contributed by atoms with Crippen molar-refractivity contribution in [3.05, 3.63) is 29.8 Å². The summed E-state index contributed by atoms with van der Waals surface area (Å²) in [7, 11) is 0. The molecule has 1 N–H and O–H groups in total. The summed E-state index contributed by atoms with van der Waals surface area (Å²) < 4.78 is 5.85. The maximum absolute atomic E-state index is 5.85. The van der Waals surface area contributed by atoms with E-state index in [-0.39, 0.29) is 0 Å². The van der Waals surface area contributed by atoms with Gasteiger partial charge >= 0.3 is 0 Å². The number of nitrogens with one attached hydrogen (secondary N) is 1. The third-order valence-electron chi connectivity index (χ3n) is 4.46. The highest BCUT2D eigenvalue weighted by Crippen LogP contribution is 2.42. The molecule has 0 radical (unpaired) electrons. The number of hydrogen-bond acceptors (Lipinski definition) is 2. The number of para-hydroxylation sites is 1. The Morgan fingerprint density at radius 1 is 1.33 bits per heavy atom. The maximum Gasteiger partial charge on any atom is 0.122 e. The molecule has 1 fully saturated rings. The molecular formula is C16H23NO. The van der Waals surface area contributed by atoms with E-state index in [1.807, 2.05) is 0 Å². The van der Waals surface area contributed by atoms with E-state index in [1.54, 1.807) is 0 Å². The Hall–Kier alpha value is -1.02. The first-order chi connectivity index (χ1) is 8.90. The van der Waals surface area contributed by atoms with E-state index in [4.69, 9.17) is 4.74 Å². The fourth-order valence-corrected chi connectivity index (χ4v) is 3.23. The summed E-state index contributed by atoms with van der Waals surface area (Å²) in [6.07, 6.45) is 5.39. The van der Waals surface area contributed by atoms with Gasteiger partial charge in [0.25, 0.3) is 0 Å². The fraction of sp³-hybridized carbons (Fsp3) is 0.625. The molecule has 1 aromatic rings. The second kappa shape index (κ2) is 5.31. The van der Waals surface area contributed by atoms with Crippen molar-refractivity contribution in [3.8, 4) is 5.75 Å². The first-order valence-electron chi connectivity index (χ1n) is 7.35. The number of fused-ring (bicyclic) bond motifs is 1. The SMILES string of the molecule is CCCNC(C1CCC1)C1COc2ccccc21. The van der Waals surface area contributed by atoms with Crippen molar-refractivity contribution < 1.29 is 4.74 Å². The lowest BCUT2D eigenvalue weighted by Gasteiger charge is -2.37. The minimum atomic E-state index is 0.554. The monoisotopic (exact) mass is 245 g/mol. The zero-order valence-corrected chi connectivity index (χ0v) is 11.2. The van der Waals surface area contributed by atoms with Crippen molar-refractivity contribution in [2.45, 2.75) is 44.6 Å². The summed E-state index contributed by atoms with van der Waals surface area (Å²) >= 11 is 0. The van der Waals surface area contributed by atoms with Crippen molar-refractivity contribution in [3.63, 3.8) is 0 Å². The smallest absolute Gasteiger partial charge is 0.122 e. The summed E-state index contributed by atoms with van der Waals surface area (Å²) in [6, 6.07) is 9.17. The number of hydrogen-bond donors (Lipinski definition) is 1. The topological polar surface area (TPSA) is 21.3 Å². The standard InChI is InChI=1S/C16H23NO/c1-2-10-17-16(12-6-5-7-12)14-11-18-15-9-4-3-8-13(14)15/h3-4,8-9,12,14,16-17H,2,5-7,10-11H2,1H3. The summed E-state index contributed by atoms with van der Waals surface area (Å²) in [6.45, 7) is 4.22. The van der Waals surface area contributed by atoms with Crippen LogP contribution in [0.4, 0.5) is 0 Å². The first kappa shape index (κ1) is 12.0. The van der Waals surface area contributed by atoms with Gasteiger partial charge in [0, 0.05) is 17.5 Å². The van der Waals surface area contributed by atoms with Crippen LogP contribution >= 0.6 is 0 Å². The van der Waals surface area contributed by atoms with Gasteiger partial charge in [-0.05, 0) is 37.8 Å². The summed E-state index contributed by atoms with van der Waals surface area (Å²) in [5.41, 5.74) is 1.41. The molecule has 1 heterocycles. The van der Waals surface area contributed by atoms with Crippen LogP contribution in [0.3, 0.4) is 0 Å². The molecular weight excluding hydrogens is 222 g/mol. The van der Waals surface area contributed by atoms with Crippen LogP contribution in [0.1, 0.15) is 44.1 Å². The molecule has 0 saturated heterocycles. The molecule has 98 valence electrons. The van der Waals surface area contributed by atoms with Crippen molar-refractivity contribution >= 4 is 0 Å². The zero-order valence-electron chi connectivity index (χ0n) is 11.2. The molecule has 2 aliphatic rings. The largest absolute Gasteiger partial charge is 0.493 e. The Balaban J connectivity index is 1.78. The molecule has 3 rings (SSSR count). The van der Waals surface area contributed by atoms with Gasteiger partial charge in [0.05, 0.1) is 6.61 Å². The van der Waals surface area contributed by atoms with Crippen LogP contribution in [0, 0.1) is 5.92 Å². The van der Waals surface area contributed by atoms with Crippen LogP contribution in [-0.4, -0.2) is 19.2 Å². The van der Waals surface area contributed by atoms with E-state index < -0.39 is 0 Å². The van der Waals surface area contributed by atoms with Crippen molar-refractivity contribution in [2.24, 2.45) is 5.92 Å². The molecule has 1 aliphatic carbocycles. The van der Waals surface area contributed by atoms with E-state index in [0.717, 1.165) is 24.8 Å². The van der Waals surface area contributed by atoms with E-state index in [1.165, 1.54) is 31.2 Å². The van der Waals surface area contributed by atoms with Crippen molar-refractivity contribution in [1.29, 1.82) is 0 Å². The second-order valence-corrected chi connectivity index (χ2v) is 5.63. The van der Waals surface area contributed by atoms with Crippen LogP contribution in [0.25, 0.3) is 0 Å². The van der Waals surface area contributed by atoms with E-state index in [2.05, 4.69) is 36.5 Å². The highest BCUT2D eigenvalue weighted by atomic mass is 16.5. The number of benzene rings is 1. The molecule has 1 saturated carbocycles. The Morgan fingerprint density at radius 2 is 2.17 bits per heavy atom. The average Bonchev–Trinajstić information content (AvgIpc) is 2.76. The molecule has 2 atom stereocenters. The summed E-state index contributed by atoms with van der Waals surface area (Å²) in [4.78, 5) is 0. The van der Waals surface area contributed by atoms with Crippen LogP contribution in [0.2, 0.25) is 0 Å². The summed E-state index contributed by atoms with van der Waals surface area (Å²) in [5, 5.41) is 3.77.